The average Bonchev–Trinajstić information content (AvgIpc) is 3.21. The third-order valence-electron chi connectivity index (χ3n) is 5.24. The number of fused-ring (bicyclic) bond motifs is 1. The van der Waals surface area contributed by atoms with Crippen molar-refractivity contribution in [3.05, 3.63) is 85.7 Å². The third-order valence-corrected chi connectivity index (χ3v) is 6.91. The summed E-state index contributed by atoms with van der Waals surface area (Å²) in [6.45, 7) is 3.85. The number of hydrogen-bond acceptors (Lipinski definition) is 5. The molecule has 0 bridgehead atoms. The van der Waals surface area contributed by atoms with Gasteiger partial charge in [0.1, 0.15) is 5.00 Å². The largest absolute Gasteiger partial charge is 0.462 e. The van der Waals surface area contributed by atoms with Crippen LogP contribution in [0, 0.1) is 6.92 Å². The van der Waals surface area contributed by atoms with Crippen LogP contribution in [-0.4, -0.2) is 24.4 Å². The normalized spacial score (nSPS) is 12.9. The molecule has 0 radical (unpaired) electrons. The maximum Gasteiger partial charge on any atom is 0.341 e. The van der Waals surface area contributed by atoms with Crippen molar-refractivity contribution in [1.82, 2.24) is 0 Å². The van der Waals surface area contributed by atoms with Crippen molar-refractivity contribution in [3.8, 4) is 0 Å². The fourth-order valence-corrected chi connectivity index (χ4v) is 5.18. The molecule has 0 saturated heterocycles. The molecule has 1 aliphatic heterocycles. The highest BCUT2D eigenvalue weighted by atomic mass is 79.9. The van der Waals surface area contributed by atoms with Gasteiger partial charge in [-0.2, -0.15) is 0 Å². The summed E-state index contributed by atoms with van der Waals surface area (Å²) in [5.41, 5.74) is 2.97. The molecule has 1 aromatic heterocycles. The van der Waals surface area contributed by atoms with Gasteiger partial charge in [0.05, 0.1) is 23.3 Å². The third kappa shape index (κ3) is 3.95. The van der Waals surface area contributed by atoms with E-state index in [2.05, 4.69) is 15.9 Å². The first kappa shape index (κ1) is 21.5. The van der Waals surface area contributed by atoms with Crippen LogP contribution in [0.5, 0.6) is 0 Å². The zero-order valence-electron chi connectivity index (χ0n) is 17.1. The average molecular weight is 498 g/mol. The summed E-state index contributed by atoms with van der Waals surface area (Å²) in [5.74, 6) is -1.33. The quantitative estimate of drug-likeness (QED) is 0.329. The van der Waals surface area contributed by atoms with Crippen molar-refractivity contribution in [2.45, 2.75) is 26.7 Å². The molecule has 1 aliphatic rings. The molecule has 0 spiro atoms. The number of carbonyl (C=O) groups is 3. The Bertz CT molecular complexity index is 1150. The minimum absolute atomic E-state index is 0.210. The zero-order chi connectivity index (χ0) is 22.1. The molecule has 4 rings (SSSR count). The van der Waals surface area contributed by atoms with Gasteiger partial charge in [-0.25, -0.2) is 9.69 Å². The molecule has 2 amide bonds. The van der Waals surface area contributed by atoms with Crippen LogP contribution in [0.4, 0.5) is 5.00 Å². The molecule has 158 valence electrons. The van der Waals surface area contributed by atoms with E-state index in [1.54, 1.807) is 31.2 Å². The van der Waals surface area contributed by atoms with Crippen LogP contribution in [0.3, 0.4) is 0 Å². The van der Waals surface area contributed by atoms with Gasteiger partial charge >= 0.3 is 5.97 Å². The molecule has 2 aromatic carbocycles. The molecular weight excluding hydrogens is 478 g/mol. The van der Waals surface area contributed by atoms with Gasteiger partial charge in [-0.3, -0.25) is 9.59 Å². The lowest BCUT2D eigenvalue weighted by molar-refractivity contribution is 0.0526. The summed E-state index contributed by atoms with van der Waals surface area (Å²) >= 11 is 4.72. The fraction of sp³-hybridized carbons (Fsp3) is 0.208. The first-order chi connectivity index (χ1) is 14.9. The van der Waals surface area contributed by atoms with Gasteiger partial charge in [0, 0.05) is 9.35 Å². The predicted octanol–water partition coefficient (Wildman–Crippen LogP) is 5.58. The Morgan fingerprint density at radius 1 is 1.00 bits per heavy atom. The number of aryl methyl sites for hydroxylation is 2. The number of imide groups is 1. The molecule has 31 heavy (non-hydrogen) atoms. The molecule has 0 fully saturated rings. The summed E-state index contributed by atoms with van der Waals surface area (Å²) in [5, 5.41) is 0.341. The van der Waals surface area contributed by atoms with Gasteiger partial charge in [0.2, 0.25) is 0 Å². The smallest absolute Gasteiger partial charge is 0.341 e. The van der Waals surface area contributed by atoms with Crippen LogP contribution in [0.15, 0.2) is 53.0 Å². The van der Waals surface area contributed by atoms with E-state index in [-0.39, 0.29) is 6.61 Å². The molecule has 3 aromatic rings. The van der Waals surface area contributed by atoms with Crippen molar-refractivity contribution in [2.75, 3.05) is 11.5 Å². The van der Waals surface area contributed by atoms with Gasteiger partial charge in [-0.1, -0.05) is 40.2 Å². The number of esters is 1. The molecule has 0 aliphatic carbocycles. The maximum absolute atomic E-state index is 13.0. The van der Waals surface area contributed by atoms with E-state index in [1.165, 1.54) is 11.3 Å². The molecule has 7 heteroatoms. The van der Waals surface area contributed by atoms with E-state index in [0.717, 1.165) is 31.8 Å². The van der Waals surface area contributed by atoms with E-state index in [1.807, 2.05) is 31.2 Å². The van der Waals surface area contributed by atoms with E-state index >= 15 is 0 Å². The monoisotopic (exact) mass is 497 g/mol. The zero-order valence-corrected chi connectivity index (χ0v) is 19.5. The Morgan fingerprint density at radius 2 is 1.61 bits per heavy atom. The second-order valence-corrected chi connectivity index (χ2v) is 9.27. The highest BCUT2D eigenvalue weighted by Crippen LogP contribution is 2.40. The minimum Gasteiger partial charge on any atom is -0.462 e. The van der Waals surface area contributed by atoms with Gasteiger partial charge in [-0.05, 0) is 62.1 Å². The van der Waals surface area contributed by atoms with Crippen LogP contribution in [0.2, 0.25) is 0 Å². The number of nitrogens with zero attached hydrogens (tertiary/aromatic N) is 1. The number of hydrogen-bond donors (Lipinski definition) is 0. The van der Waals surface area contributed by atoms with E-state index in [4.69, 9.17) is 4.74 Å². The molecule has 0 saturated carbocycles. The Balaban J connectivity index is 1.74. The van der Waals surface area contributed by atoms with Crippen LogP contribution >= 0.6 is 27.3 Å². The number of carbonyl (C=O) groups excluding carboxylic acids is 3. The lowest BCUT2D eigenvalue weighted by atomic mass is 10.0. The Morgan fingerprint density at radius 3 is 2.19 bits per heavy atom. The SMILES string of the molecule is CCOC(=O)c1c(N2C(=O)c3ccccc3C2=O)sc(C)c1CCc1ccc(Br)cc1. The van der Waals surface area contributed by atoms with E-state index in [9.17, 15) is 14.4 Å². The van der Waals surface area contributed by atoms with Crippen LogP contribution in [-0.2, 0) is 17.6 Å². The van der Waals surface area contributed by atoms with Gasteiger partial charge < -0.3 is 4.74 Å². The number of halogens is 1. The van der Waals surface area contributed by atoms with Crippen molar-refractivity contribution in [3.63, 3.8) is 0 Å². The van der Waals surface area contributed by atoms with Gasteiger partial charge in [-0.15, -0.1) is 11.3 Å². The summed E-state index contributed by atoms with van der Waals surface area (Å²) < 4.78 is 6.31. The lowest BCUT2D eigenvalue weighted by Gasteiger charge is -2.14. The lowest BCUT2D eigenvalue weighted by Crippen LogP contribution is -2.30. The van der Waals surface area contributed by atoms with Crippen molar-refractivity contribution < 1.29 is 19.1 Å². The summed E-state index contributed by atoms with van der Waals surface area (Å²) in [6, 6.07) is 14.7. The Labute approximate surface area is 192 Å². The number of amides is 2. The van der Waals surface area contributed by atoms with E-state index < -0.39 is 17.8 Å². The number of benzene rings is 2. The summed E-state index contributed by atoms with van der Waals surface area (Å²) in [7, 11) is 0. The number of anilines is 1. The predicted molar refractivity (Wildman–Crippen MR) is 124 cm³/mol. The highest BCUT2D eigenvalue weighted by Gasteiger charge is 2.40. The minimum atomic E-state index is -0.510. The molecule has 0 unspecified atom stereocenters. The maximum atomic E-state index is 13.0. The van der Waals surface area contributed by atoms with Crippen molar-refractivity contribution in [2.24, 2.45) is 0 Å². The first-order valence-corrected chi connectivity index (χ1v) is 11.5. The Kier molecular flexibility index (Phi) is 6.07. The summed E-state index contributed by atoms with van der Waals surface area (Å²) in [4.78, 5) is 41.0. The first-order valence-electron chi connectivity index (χ1n) is 9.94. The standard InChI is InChI=1S/C24H20BrNO4S/c1-3-30-24(29)20-17(13-10-15-8-11-16(25)12-9-15)14(2)31-23(20)26-21(27)18-6-4-5-7-19(18)22(26)28/h4-9,11-12H,3,10,13H2,1-2H3. The second kappa shape index (κ2) is 8.77. The number of ether oxygens (including phenoxy) is 1. The molecule has 2 heterocycles. The molecule has 0 N–H and O–H groups in total. The van der Waals surface area contributed by atoms with E-state index in [0.29, 0.717) is 28.1 Å². The van der Waals surface area contributed by atoms with Gasteiger partial charge in [0.15, 0.2) is 0 Å². The second-order valence-electron chi connectivity index (χ2n) is 7.16. The Hall–Kier alpha value is -2.77. The molecule has 5 nitrogen and oxygen atoms in total. The van der Waals surface area contributed by atoms with Gasteiger partial charge in [0.25, 0.3) is 11.8 Å². The number of thiophene rings is 1. The fourth-order valence-electron chi connectivity index (χ4n) is 3.73. The molecule has 0 atom stereocenters. The van der Waals surface area contributed by atoms with Crippen molar-refractivity contribution >= 4 is 50.1 Å². The number of rotatable bonds is 6. The topological polar surface area (TPSA) is 63.7 Å². The highest BCUT2D eigenvalue weighted by molar-refractivity contribution is 9.10. The van der Waals surface area contributed by atoms with Crippen LogP contribution in [0.25, 0.3) is 0 Å². The van der Waals surface area contributed by atoms with Crippen molar-refractivity contribution in [1.29, 1.82) is 0 Å². The summed E-state index contributed by atoms with van der Waals surface area (Å²) in [6.07, 6.45) is 1.32. The van der Waals surface area contributed by atoms with Crippen LogP contribution in [0.1, 0.15) is 54.0 Å². The van der Waals surface area contributed by atoms with Crippen LogP contribution < -0.4 is 4.90 Å². The molecular formula is C24H20BrNO4S.